The molecule has 1 aromatic carbocycles. The number of hydrogen-bond donors (Lipinski definition) is 3. The van der Waals surface area contributed by atoms with E-state index in [9.17, 15) is 20.1 Å². The van der Waals surface area contributed by atoms with Crippen LogP contribution in [0, 0.1) is 0 Å². The molecule has 0 spiro atoms. The molecule has 5 nitrogen and oxygen atoms in total. The SMILES string of the molecule is [2H]c1c(O)c([2H])c2c(c1O)C(=O)O[C@@H](C)CCC([2H])([2H])[C@]([2H])(O)C([2H])([2H])CC/C=C/2. The molecule has 0 aliphatic carbocycles. The zero-order valence-electron chi connectivity index (χ0n) is 19.7. The predicted molar refractivity (Wildman–Crippen MR) is 87.4 cm³/mol. The maximum atomic E-state index is 12.6. The number of allylic oxidation sites excluding steroid dienone is 1. The molecule has 1 aliphatic heterocycles. The predicted octanol–water partition coefficient (Wildman–Crippen LogP) is 3.37. The number of esters is 1. The van der Waals surface area contributed by atoms with Crippen LogP contribution < -0.4 is 0 Å². The Hall–Kier alpha value is -2.01. The van der Waals surface area contributed by atoms with Gasteiger partial charge in [-0.25, -0.2) is 4.79 Å². The van der Waals surface area contributed by atoms with Gasteiger partial charge in [0.1, 0.15) is 17.1 Å². The van der Waals surface area contributed by atoms with E-state index in [1.54, 1.807) is 0 Å². The fourth-order valence-corrected chi connectivity index (χ4v) is 2.09. The number of rotatable bonds is 0. The summed E-state index contributed by atoms with van der Waals surface area (Å²) in [5.74, 6) is -2.81. The summed E-state index contributed by atoms with van der Waals surface area (Å²) in [5.41, 5.74) is -0.738. The molecule has 0 unspecified atom stereocenters. The van der Waals surface area contributed by atoms with E-state index in [0.717, 1.165) is 0 Å². The molecule has 1 aliphatic rings. The average Bonchev–Trinajstić information content (AvgIpc) is 2.64. The van der Waals surface area contributed by atoms with Gasteiger partial charge in [-0.15, -0.1) is 0 Å². The second kappa shape index (κ2) is 8.02. The Morgan fingerprint density at radius 2 is 2.09 bits per heavy atom. The summed E-state index contributed by atoms with van der Waals surface area (Å²) in [6.45, 7) is 1.41. The first kappa shape index (κ1) is 9.98. The third kappa shape index (κ3) is 4.99. The minimum atomic E-state index is -3.07. The lowest BCUT2D eigenvalue weighted by Crippen LogP contribution is -2.17. The smallest absolute Gasteiger partial charge is 0.342 e. The first-order chi connectivity index (χ1) is 13.6. The number of fused-ring (bicyclic) bond motifs is 1. The number of cyclic esters (lactones) is 1. The van der Waals surface area contributed by atoms with Gasteiger partial charge in [0.2, 0.25) is 0 Å². The third-order valence-corrected chi connectivity index (χ3v) is 3.24. The maximum absolute atomic E-state index is 12.6. The number of carbonyl (C=O) groups excluding carboxylic acids is 1. The standard InChI is InChI=1S/C18H24O5/c1-12-6-5-9-14(19)8-4-2-3-7-13-10-15(20)11-16(21)17(13)18(22)23-12/h3,7,10-12,14,19-21H,2,4-6,8-9H2,1H3/b7-3+/t12-,14+/m0/s1/i8D2,9D2,10D,11D,14D. The van der Waals surface area contributed by atoms with Crippen LogP contribution in [-0.4, -0.2) is 33.5 Å². The van der Waals surface area contributed by atoms with Gasteiger partial charge in [0.25, 0.3) is 0 Å². The minimum Gasteiger partial charge on any atom is -0.508 e. The lowest BCUT2D eigenvalue weighted by Gasteiger charge is -2.17. The molecular weight excluding hydrogens is 296 g/mol. The Morgan fingerprint density at radius 1 is 1.35 bits per heavy atom. The lowest BCUT2D eigenvalue weighted by atomic mass is 10.0. The van der Waals surface area contributed by atoms with Crippen LogP contribution >= 0.6 is 0 Å². The topological polar surface area (TPSA) is 87.0 Å². The highest BCUT2D eigenvalue weighted by Gasteiger charge is 2.20. The normalized spacial score (nSPS) is 37.0. The van der Waals surface area contributed by atoms with Crippen molar-refractivity contribution in [3.05, 3.63) is 29.3 Å². The highest BCUT2D eigenvalue weighted by Crippen LogP contribution is 2.30. The molecule has 3 N–H and O–H groups in total. The van der Waals surface area contributed by atoms with E-state index in [1.165, 1.54) is 19.1 Å². The van der Waals surface area contributed by atoms with Crippen LogP contribution in [0.25, 0.3) is 6.08 Å². The third-order valence-electron chi connectivity index (χ3n) is 3.24. The Labute approximate surface area is 146 Å². The Kier molecular flexibility index (Phi) is 3.48. The van der Waals surface area contributed by atoms with Gasteiger partial charge in [-0.1, -0.05) is 12.2 Å². The fraction of sp³-hybridized carbons (Fsp3) is 0.500. The van der Waals surface area contributed by atoms with Gasteiger partial charge in [0.15, 0.2) is 0 Å². The molecule has 0 saturated carbocycles. The zero-order chi connectivity index (χ0) is 23.1. The van der Waals surface area contributed by atoms with Gasteiger partial charge < -0.3 is 20.1 Å². The van der Waals surface area contributed by atoms with Crippen molar-refractivity contribution in [3.8, 4) is 11.5 Å². The van der Waals surface area contributed by atoms with E-state index in [4.69, 9.17) is 14.3 Å². The van der Waals surface area contributed by atoms with Crippen LogP contribution in [0.2, 0.25) is 0 Å². The van der Waals surface area contributed by atoms with E-state index in [-0.39, 0.29) is 18.4 Å². The van der Waals surface area contributed by atoms with Crippen molar-refractivity contribution in [1.29, 1.82) is 0 Å². The average molecular weight is 327 g/mol. The molecule has 0 radical (unpaired) electrons. The lowest BCUT2D eigenvalue weighted by molar-refractivity contribution is 0.0307. The first-order valence-electron chi connectivity index (χ1n) is 10.8. The first-order valence-corrected chi connectivity index (χ1v) is 7.29. The highest BCUT2D eigenvalue weighted by molar-refractivity contribution is 5.97. The highest BCUT2D eigenvalue weighted by atomic mass is 16.5. The van der Waals surface area contributed by atoms with Crippen LogP contribution in [0.1, 0.15) is 70.9 Å². The van der Waals surface area contributed by atoms with E-state index in [0.29, 0.717) is 0 Å². The van der Waals surface area contributed by atoms with Gasteiger partial charge in [-0.3, -0.25) is 0 Å². The van der Waals surface area contributed by atoms with Crippen LogP contribution in [0.3, 0.4) is 0 Å². The van der Waals surface area contributed by atoms with E-state index in [1.807, 2.05) is 0 Å². The molecule has 0 saturated heterocycles. The zero-order valence-corrected chi connectivity index (χ0v) is 12.7. The van der Waals surface area contributed by atoms with E-state index < -0.39 is 72.9 Å². The molecule has 126 valence electrons. The number of phenols is 2. The number of hydrogen-bond acceptors (Lipinski definition) is 5. The second-order valence-corrected chi connectivity index (χ2v) is 5.13. The number of phenolic OH excluding ortho intramolecular Hbond substituents is 2. The maximum Gasteiger partial charge on any atom is 0.342 e. The van der Waals surface area contributed by atoms with Crippen molar-refractivity contribution in [2.75, 3.05) is 0 Å². The van der Waals surface area contributed by atoms with Crippen molar-refractivity contribution >= 4 is 12.0 Å². The summed E-state index contributed by atoms with van der Waals surface area (Å²) in [4.78, 5) is 12.6. The number of carbonyl (C=O) groups is 1. The second-order valence-electron chi connectivity index (χ2n) is 5.13. The Bertz CT molecular complexity index is 867. The molecule has 5 heteroatoms. The van der Waals surface area contributed by atoms with E-state index >= 15 is 0 Å². The molecule has 1 aromatic rings. The molecule has 0 bridgehead atoms. The molecule has 0 amide bonds. The number of ether oxygens (including phenoxy) is 1. The summed E-state index contributed by atoms with van der Waals surface area (Å²) in [6, 6.07) is -1.41. The van der Waals surface area contributed by atoms with Crippen molar-refractivity contribution in [3.63, 3.8) is 0 Å². The summed E-state index contributed by atoms with van der Waals surface area (Å²) in [7, 11) is 0. The van der Waals surface area contributed by atoms with E-state index in [2.05, 4.69) is 0 Å². The van der Waals surface area contributed by atoms with Crippen LogP contribution in [0.4, 0.5) is 0 Å². The van der Waals surface area contributed by atoms with Gasteiger partial charge in [-0.2, -0.15) is 0 Å². The summed E-state index contributed by atoms with van der Waals surface area (Å²) >= 11 is 0. The van der Waals surface area contributed by atoms with Crippen LogP contribution in [-0.2, 0) is 4.74 Å². The molecule has 23 heavy (non-hydrogen) atoms. The Morgan fingerprint density at radius 3 is 2.87 bits per heavy atom. The fourth-order valence-electron chi connectivity index (χ4n) is 2.09. The van der Waals surface area contributed by atoms with Crippen LogP contribution in [0.15, 0.2) is 18.2 Å². The largest absolute Gasteiger partial charge is 0.508 e. The van der Waals surface area contributed by atoms with Gasteiger partial charge >= 0.3 is 5.97 Å². The minimum absolute atomic E-state index is 0.112. The number of benzene rings is 1. The number of aromatic hydroxyl groups is 2. The summed E-state index contributed by atoms with van der Waals surface area (Å²) < 4.78 is 60.8. The number of aliphatic hydroxyl groups is 1. The molecule has 0 aromatic heterocycles. The summed E-state index contributed by atoms with van der Waals surface area (Å²) in [5, 5.41) is 30.4. The van der Waals surface area contributed by atoms with Crippen molar-refractivity contribution < 1.29 is 34.4 Å². The van der Waals surface area contributed by atoms with Gasteiger partial charge in [0.05, 0.1) is 16.3 Å². The monoisotopic (exact) mass is 327 g/mol. The molecule has 2 atom stereocenters. The Balaban J connectivity index is 2.59. The summed E-state index contributed by atoms with van der Waals surface area (Å²) in [6.07, 6.45) is -8.05. The van der Waals surface area contributed by atoms with Crippen LogP contribution in [0.5, 0.6) is 11.5 Å². The molecule has 1 heterocycles. The van der Waals surface area contributed by atoms with Gasteiger partial charge in [-0.05, 0) is 57.0 Å². The molecule has 0 fully saturated rings. The molecular formula is C18H24O5. The van der Waals surface area contributed by atoms with Crippen molar-refractivity contribution in [2.45, 2.75) is 57.5 Å². The van der Waals surface area contributed by atoms with Crippen molar-refractivity contribution in [2.24, 2.45) is 0 Å². The quantitative estimate of drug-likeness (QED) is 0.636. The molecule has 2 rings (SSSR count). The van der Waals surface area contributed by atoms with Gasteiger partial charge in [0, 0.05) is 11.5 Å². The van der Waals surface area contributed by atoms with Crippen molar-refractivity contribution in [1.82, 2.24) is 0 Å².